The Bertz CT molecular complexity index is 331. The van der Waals surface area contributed by atoms with Gasteiger partial charge < -0.3 is 23.9 Å². The van der Waals surface area contributed by atoms with Gasteiger partial charge in [-0.25, -0.2) is 4.98 Å². The van der Waals surface area contributed by atoms with Gasteiger partial charge in [0.25, 0.3) is 0 Å². The van der Waals surface area contributed by atoms with Gasteiger partial charge in [-0.05, 0) is 6.42 Å². The molecule has 0 aliphatic heterocycles. The maximum atomic E-state index is 9.03. The molecule has 0 aliphatic carbocycles. The third-order valence-corrected chi connectivity index (χ3v) is 2.81. The summed E-state index contributed by atoms with van der Waals surface area (Å²) < 4.78 is 18.1. The molecule has 20 heavy (non-hydrogen) atoms. The Hall–Kier alpha value is -0.950. The van der Waals surface area contributed by atoms with Crippen molar-refractivity contribution in [1.82, 2.24) is 9.55 Å². The minimum Gasteiger partial charge on any atom is -0.388 e. The predicted molar refractivity (Wildman–Crippen MR) is 75.5 cm³/mol. The largest absolute Gasteiger partial charge is 0.388 e. The lowest BCUT2D eigenvalue weighted by Gasteiger charge is -2.08. The van der Waals surface area contributed by atoms with E-state index in [0.29, 0.717) is 45.4 Å². The highest BCUT2D eigenvalue weighted by molar-refractivity contribution is 4.89. The third-order valence-electron chi connectivity index (χ3n) is 2.81. The van der Waals surface area contributed by atoms with E-state index in [1.165, 1.54) is 0 Å². The lowest BCUT2D eigenvalue weighted by atomic mass is 10.4. The molecule has 0 aliphatic rings. The molecule has 6 heteroatoms. The second kappa shape index (κ2) is 11.8. The Morgan fingerprint density at radius 2 is 1.70 bits per heavy atom. The zero-order valence-electron chi connectivity index (χ0n) is 12.3. The van der Waals surface area contributed by atoms with Crippen molar-refractivity contribution in [2.24, 2.45) is 0 Å². The van der Waals surface area contributed by atoms with Crippen molar-refractivity contribution in [3.8, 4) is 0 Å². The first-order valence-corrected chi connectivity index (χ1v) is 7.22. The molecule has 0 saturated heterocycles. The summed E-state index contributed by atoms with van der Waals surface area (Å²) in [5.41, 5.74) is 0. The molecule has 0 bridgehead atoms. The van der Waals surface area contributed by atoms with Crippen molar-refractivity contribution < 1.29 is 19.3 Å². The van der Waals surface area contributed by atoms with Crippen LogP contribution in [0.1, 0.15) is 25.6 Å². The van der Waals surface area contributed by atoms with Crippen LogP contribution in [-0.2, 0) is 27.4 Å². The van der Waals surface area contributed by atoms with E-state index in [-0.39, 0.29) is 6.61 Å². The summed E-state index contributed by atoms with van der Waals surface area (Å²) in [4.78, 5) is 4.02. The molecule has 0 unspecified atom stereocenters. The molecule has 0 spiro atoms. The van der Waals surface area contributed by atoms with E-state index in [1.807, 2.05) is 10.8 Å². The number of hydrogen-bond donors (Lipinski definition) is 1. The Kier molecular flexibility index (Phi) is 10.1. The lowest BCUT2D eigenvalue weighted by molar-refractivity contribution is 0.0125. The van der Waals surface area contributed by atoms with Crippen LogP contribution in [0.2, 0.25) is 0 Å². The molecule has 0 amide bonds. The first-order chi connectivity index (χ1) is 9.88. The molecule has 1 heterocycles. The number of imidazole rings is 1. The number of aromatic nitrogens is 2. The fourth-order valence-corrected chi connectivity index (χ4v) is 1.65. The van der Waals surface area contributed by atoms with Crippen molar-refractivity contribution in [2.45, 2.75) is 32.9 Å². The number of hydrogen-bond acceptors (Lipinski definition) is 5. The molecule has 0 aromatic carbocycles. The Morgan fingerprint density at radius 1 is 1.05 bits per heavy atom. The number of aliphatic hydroxyl groups excluding tert-OH is 1. The van der Waals surface area contributed by atoms with Gasteiger partial charge in [0, 0.05) is 25.5 Å². The van der Waals surface area contributed by atoms with Gasteiger partial charge in [0.05, 0.1) is 33.0 Å². The van der Waals surface area contributed by atoms with E-state index in [2.05, 4.69) is 11.9 Å². The van der Waals surface area contributed by atoms with Gasteiger partial charge in [0.15, 0.2) is 0 Å². The van der Waals surface area contributed by atoms with Crippen LogP contribution in [-0.4, -0.2) is 54.3 Å². The van der Waals surface area contributed by atoms with E-state index >= 15 is 0 Å². The van der Waals surface area contributed by atoms with Crippen molar-refractivity contribution in [1.29, 1.82) is 0 Å². The van der Waals surface area contributed by atoms with Gasteiger partial charge in [0.2, 0.25) is 0 Å². The summed E-state index contributed by atoms with van der Waals surface area (Å²) in [5.74, 6) is 0.661. The maximum Gasteiger partial charge on any atom is 0.134 e. The van der Waals surface area contributed by atoms with Crippen LogP contribution in [0.25, 0.3) is 0 Å². The molecule has 1 aromatic rings. The van der Waals surface area contributed by atoms with E-state index in [4.69, 9.17) is 19.3 Å². The summed E-state index contributed by atoms with van der Waals surface area (Å²) in [7, 11) is 0. The van der Waals surface area contributed by atoms with E-state index in [0.717, 1.165) is 19.4 Å². The fourth-order valence-electron chi connectivity index (χ4n) is 1.65. The minimum atomic E-state index is -0.0475. The average molecular weight is 286 g/mol. The minimum absolute atomic E-state index is 0.0475. The topological polar surface area (TPSA) is 65.7 Å². The second-order valence-corrected chi connectivity index (χ2v) is 4.39. The molecular weight excluding hydrogens is 260 g/mol. The second-order valence-electron chi connectivity index (χ2n) is 4.39. The summed E-state index contributed by atoms with van der Waals surface area (Å²) in [6.45, 7) is 6.59. The standard InChI is InChI=1S/C14H26N2O4/c1-2-3-7-18-9-11-20-12-10-19-8-6-16-5-4-15-14(16)13-17/h4-5,17H,2-3,6-13H2,1H3. The van der Waals surface area contributed by atoms with Gasteiger partial charge in [-0.1, -0.05) is 13.3 Å². The van der Waals surface area contributed by atoms with E-state index in [1.54, 1.807) is 6.20 Å². The SMILES string of the molecule is CCCCOCCOCCOCCn1ccnc1CO. The molecule has 6 nitrogen and oxygen atoms in total. The van der Waals surface area contributed by atoms with E-state index < -0.39 is 0 Å². The van der Waals surface area contributed by atoms with Crippen molar-refractivity contribution >= 4 is 0 Å². The number of unbranched alkanes of at least 4 members (excludes halogenated alkanes) is 1. The van der Waals surface area contributed by atoms with Gasteiger partial charge in [-0.15, -0.1) is 0 Å². The molecule has 0 fully saturated rings. The van der Waals surface area contributed by atoms with Gasteiger partial charge in [-0.3, -0.25) is 0 Å². The van der Waals surface area contributed by atoms with Crippen LogP contribution in [0.5, 0.6) is 0 Å². The summed E-state index contributed by atoms with van der Waals surface area (Å²) >= 11 is 0. The Morgan fingerprint density at radius 3 is 2.35 bits per heavy atom. The zero-order chi connectivity index (χ0) is 14.5. The average Bonchev–Trinajstić information content (AvgIpc) is 2.92. The molecular formula is C14H26N2O4. The van der Waals surface area contributed by atoms with Crippen LogP contribution < -0.4 is 0 Å². The normalized spacial score (nSPS) is 11.1. The summed E-state index contributed by atoms with van der Waals surface area (Å²) in [6, 6.07) is 0. The van der Waals surface area contributed by atoms with Crippen LogP contribution in [0.3, 0.4) is 0 Å². The smallest absolute Gasteiger partial charge is 0.134 e. The summed E-state index contributed by atoms with van der Waals surface area (Å²) in [5, 5.41) is 9.03. The maximum absolute atomic E-state index is 9.03. The Balaban J connectivity index is 1.85. The Labute approximate surface area is 120 Å². The molecule has 0 radical (unpaired) electrons. The van der Waals surface area contributed by atoms with Crippen molar-refractivity contribution in [3.63, 3.8) is 0 Å². The lowest BCUT2D eigenvalue weighted by Crippen LogP contribution is -2.13. The number of nitrogens with zero attached hydrogens (tertiary/aromatic N) is 2. The highest BCUT2D eigenvalue weighted by atomic mass is 16.5. The molecule has 1 rings (SSSR count). The van der Waals surface area contributed by atoms with Gasteiger partial charge in [0.1, 0.15) is 12.4 Å². The quantitative estimate of drug-likeness (QED) is 0.552. The van der Waals surface area contributed by atoms with Crippen LogP contribution in [0.15, 0.2) is 12.4 Å². The molecule has 116 valence electrons. The van der Waals surface area contributed by atoms with Crippen LogP contribution in [0, 0.1) is 0 Å². The number of aliphatic hydroxyl groups is 1. The number of rotatable bonds is 13. The first kappa shape index (κ1) is 17.1. The number of ether oxygens (including phenoxy) is 3. The summed E-state index contributed by atoms with van der Waals surface area (Å²) in [6.07, 6.45) is 5.77. The fraction of sp³-hybridized carbons (Fsp3) is 0.786. The van der Waals surface area contributed by atoms with Crippen molar-refractivity contribution in [3.05, 3.63) is 18.2 Å². The molecule has 1 N–H and O–H groups in total. The zero-order valence-corrected chi connectivity index (χ0v) is 12.3. The third kappa shape index (κ3) is 7.59. The molecule has 1 aromatic heterocycles. The van der Waals surface area contributed by atoms with Crippen molar-refractivity contribution in [2.75, 3.05) is 39.6 Å². The highest BCUT2D eigenvalue weighted by Crippen LogP contribution is 1.97. The molecule has 0 saturated carbocycles. The van der Waals surface area contributed by atoms with Gasteiger partial charge >= 0.3 is 0 Å². The van der Waals surface area contributed by atoms with Crippen LogP contribution >= 0.6 is 0 Å². The monoisotopic (exact) mass is 286 g/mol. The predicted octanol–water partition coefficient (Wildman–Crippen LogP) is 1.23. The van der Waals surface area contributed by atoms with Gasteiger partial charge in [-0.2, -0.15) is 0 Å². The molecule has 0 atom stereocenters. The van der Waals surface area contributed by atoms with Crippen LogP contribution in [0.4, 0.5) is 0 Å². The highest BCUT2D eigenvalue weighted by Gasteiger charge is 2.00. The first-order valence-electron chi connectivity index (χ1n) is 7.22. The van der Waals surface area contributed by atoms with E-state index in [9.17, 15) is 0 Å².